The van der Waals surface area contributed by atoms with Crippen LogP contribution in [-0.2, 0) is 6.42 Å². The van der Waals surface area contributed by atoms with Crippen molar-refractivity contribution < 1.29 is 0 Å². The molecule has 1 atom stereocenters. The summed E-state index contributed by atoms with van der Waals surface area (Å²) in [6.45, 7) is 11.9. The molecule has 0 spiro atoms. The van der Waals surface area contributed by atoms with Gasteiger partial charge in [0.2, 0.25) is 0 Å². The number of nitrogens with one attached hydrogen (secondary N) is 1. The third kappa shape index (κ3) is 4.94. The topological polar surface area (TPSA) is 24.9 Å². The van der Waals surface area contributed by atoms with E-state index in [1.807, 2.05) is 11.3 Å². The molecule has 0 aliphatic rings. The Bertz CT molecular complexity index is 547. The molecule has 2 nitrogen and oxygen atoms in total. The molecule has 0 aliphatic heterocycles. The SMILES string of the molecule is Cc1nc(CC(CNC(C)(C)C)c2ccccc2)sc1C. The van der Waals surface area contributed by atoms with E-state index >= 15 is 0 Å². The maximum atomic E-state index is 4.71. The van der Waals surface area contributed by atoms with E-state index in [-0.39, 0.29) is 5.54 Å². The van der Waals surface area contributed by atoms with Crippen LogP contribution in [0.2, 0.25) is 0 Å². The van der Waals surface area contributed by atoms with E-state index < -0.39 is 0 Å². The van der Waals surface area contributed by atoms with Crippen LogP contribution < -0.4 is 5.32 Å². The van der Waals surface area contributed by atoms with Crippen molar-refractivity contribution in [3.63, 3.8) is 0 Å². The van der Waals surface area contributed by atoms with Gasteiger partial charge in [0.25, 0.3) is 0 Å². The van der Waals surface area contributed by atoms with Crippen LogP contribution in [-0.4, -0.2) is 17.1 Å². The number of thiazole rings is 1. The fourth-order valence-electron chi connectivity index (χ4n) is 2.30. The van der Waals surface area contributed by atoms with E-state index in [0.717, 1.165) is 13.0 Å². The summed E-state index contributed by atoms with van der Waals surface area (Å²) in [5, 5.41) is 4.88. The summed E-state index contributed by atoms with van der Waals surface area (Å²) < 4.78 is 0. The molecule has 114 valence electrons. The molecular weight excluding hydrogens is 276 g/mol. The van der Waals surface area contributed by atoms with Crippen molar-refractivity contribution >= 4 is 11.3 Å². The number of aromatic nitrogens is 1. The molecular formula is C18H26N2S. The molecule has 1 N–H and O–H groups in total. The molecule has 0 amide bonds. The molecule has 0 bridgehead atoms. The van der Waals surface area contributed by atoms with E-state index in [0.29, 0.717) is 5.92 Å². The highest BCUT2D eigenvalue weighted by molar-refractivity contribution is 7.11. The summed E-state index contributed by atoms with van der Waals surface area (Å²) in [4.78, 5) is 6.04. The molecule has 0 saturated heterocycles. The average molecular weight is 302 g/mol. The summed E-state index contributed by atoms with van der Waals surface area (Å²) in [5.41, 5.74) is 2.70. The predicted molar refractivity (Wildman–Crippen MR) is 92.2 cm³/mol. The molecule has 1 heterocycles. The first-order chi connectivity index (χ1) is 9.85. The summed E-state index contributed by atoms with van der Waals surface area (Å²) in [5.74, 6) is 0.468. The number of nitrogens with zero attached hydrogens (tertiary/aromatic N) is 1. The highest BCUT2D eigenvalue weighted by Gasteiger charge is 2.18. The van der Waals surface area contributed by atoms with E-state index in [9.17, 15) is 0 Å². The van der Waals surface area contributed by atoms with Crippen LogP contribution >= 0.6 is 11.3 Å². The quantitative estimate of drug-likeness (QED) is 0.881. The average Bonchev–Trinajstić information content (AvgIpc) is 2.73. The lowest BCUT2D eigenvalue weighted by Crippen LogP contribution is -2.39. The Morgan fingerprint density at radius 1 is 1.14 bits per heavy atom. The normalized spacial score (nSPS) is 13.4. The van der Waals surface area contributed by atoms with Gasteiger partial charge in [-0.2, -0.15) is 0 Å². The van der Waals surface area contributed by atoms with Crippen LogP contribution in [0, 0.1) is 13.8 Å². The second-order valence-electron chi connectivity index (χ2n) is 6.69. The Morgan fingerprint density at radius 3 is 2.33 bits per heavy atom. The van der Waals surface area contributed by atoms with Gasteiger partial charge in [0.15, 0.2) is 0 Å². The van der Waals surface area contributed by atoms with Crippen molar-refractivity contribution in [1.82, 2.24) is 10.3 Å². The van der Waals surface area contributed by atoms with Crippen LogP contribution in [0.3, 0.4) is 0 Å². The maximum absolute atomic E-state index is 4.71. The molecule has 0 aliphatic carbocycles. The molecule has 3 heteroatoms. The van der Waals surface area contributed by atoms with Crippen molar-refractivity contribution in [1.29, 1.82) is 0 Å². The fourth-order valence-corrected chi connectivity index (χ4v) is 3.31. The van der Waals surface area contributed by atoms with Gasteiger partial charge in [-0.15, -0.1) is 11.3 Å². The van der Waals surface area contributed by atoms with Crippen LogP contribution in [0.5, 0.6) is 0 Å². The summed E-state index contributed by atoms with van der Waals surface area (Å²) >= 11 is 1.83. The molecule has 0 radical (unpaired) electrons. The lowest BCUT2D eigenvalue weighted by Gasteiger charge is -2.25. The minimum absolute atomic E-state index is 0.141. The van der Waals surface area contributed by atoms with Crippen molar-refractivity contribution in [2.24, 2.45) is 0 Å². The Labute approximate surface area is 132 Å². The monoisotopic (exact) mass is 302 g/mol. The standard InChI is InChI=1S/C18H26N2S/c1-13-14(2)21-17(20-13)11-16(12-19-18(3,4)5)15-9-7-6-8-10-15/h6-10,16,19H,11-12H2,1-5H3. The number of rotatable bonds is 5. The summed E-state index contributed by atoms with van der Waals surface area (Å²) in [6, 6.07) is 10.8. The fraction of sp³-hybridized carbons (Fsp3) is 0.500. The molecule has 1 unspecified atom stereocenters. The van der Waals surface area contributed by atoms with Gasteiger partial charge in [0, 0.05) is 29.3 Å². The zero-order valence-electron chi connectivity index (χ0n) is 13.7. The molecule has 2 rings (SSSR count). The Hall–Kier alpha value is -1.19. The summed E-state index contributed by atoms with van der Waals surface area (Å²) in [7, 11) is 0. The van der Waals surface area contributed by atoms with Gasteiger partial charge in [-0.25, -0.2) is 4.98 Å². The largest absolute Gasteiger partial charge is 0.311 e. The second-order valence-corrected chi connectivity index (χ2v) is 7.98. The first-order valence-corrected chi connectivity index (χ1v) is 8.39. The third-order valence-electron chi connectivity index (χ3n) is 3.64. The molecule has 0 saturated carbocycles. The summed E-state index contributed by atoms with van der Waals surface area (Å²) in [6.07, 6.45) is 1.01. The highest BCUT2D eigenvalue weighted by Crippen LogP contribution is 2.25. The van der Waals surface area contributed by atoms with Gasteiger partial charge in [-0.1, -0.05) is 30.3 Å². The van der Waals surface area contributed by atoms with Gasteiger partial charge in [0.1, 0.15) is 0 Å². The number of hydrogen-bond donors (Lipinski definition) is 1. The molecule has 1 aromatic carbocycles. The predicted octanol–water partition coefficient (Wildman–Crippen LogP) is 4.47. The smallest absolute Gasteiger partial charge is 0.0937 e. The van der Waals surface area contributed by atoms with E-state index in [2.05, 4.69) is 70.3 Å². The van der Waals surface area contributed by atoms with Gasteiger partial charge >= 0.3 is 0 Å². The van der Waals surface area contributed by atoms with Crippen molar-refractivity contribution in [3.8, 4) is 0 Å². The van der Waals surface area contributed by atoms with Crippen LogP contribution in [0.4, 0.5) is 0 Å². The van der Waals surface area contributed by atoms with Crippen LogP contribution in [0.25, 0.3) is 0 Å². The lowest BCUT2D eigenvalue weighted by atomic mass is 9.94. The number of aryl methyl sites for hydroxylation is 2. The molecule has 1 aromatic heterocycles. The van der Waals surface area contributed by atoms with E-state index in [1.165, 1.54) is 21.1 Å². The molecule has 2 aromatic rings. The maximum Gasteiger partial charge on any atom is 0.0937 e. The third-order valence-corrected chi connectivity index (χ3v) is 4.74. The lowest BCUT2D eigenvalue weighted by molar-refractivity contribution is 0.405. The molecule has 0 fully saturated rings. The van der Waals surface area contributed by atoms with E-state index in [4.69, 9.17) is 4.98 Å². The minimum atomic E-state index is 0.141. The van der Waals surface area contributed by atoms with Crippen molar-refractivity contribution in [2.75, 3.05) is 6.54 Å². The Morgan fingerprint density at radius 2 is 1.81 bits per heavy atom. The Kier molecular flexibility index (Phi) is 5.17. The van der Waals surface area contributed by atoms with Gasteiger partial charge in [-0.3, -0.25) is 0 Å². The van der Waals surface area contributed by atoms with Gasteiger partial charge in [0.05, 0.1) is 10.7 Å². The van der Waals surface area contributed by atoms with Gasteiger partial charge in [-0.05, 0) is 40.2 Å². The highest BCUT2D eigenvalue weighted by atomic mass is 32.1. The zero-order valence-corrected chi connectivity index (χ0v) is 14.6. The Balaban J connectivity index is 2.15. The number of hydrogen-bond acceptors (Lipinski definition) is 3. The number of benzene rings is 1. The van der Waals surface area contributed by atoms with E-state index in [1.54, 1.807) is 0 Å². The zero-order chi connectivity index (χ0) is 15.5. The van der Waals surface area contributed by atoms with Crippen LogP contribution in [0.1, 0.15) is 47.8 Å². The van der Waals surface area contributed by atoms with Crippen molar-refractivity contribution in [3.05, 3.63) is 51.5 Å². The van der Waals surface area contributed by atoms with Crippen molar-refractivity contribution in [2.45, 2.75) is 52.5 Å². The molecule has 21 heavy (non-hydrogen) atoms. The second kappa shape index (κ2) is 6.71. The van der Waals surface area contributed by atoms with Crippen LogP contribution in [0.15, 0.2) is 30.3 Å². The van der Waals surface area contributed by atoms with Gasteiger partial charge < -0.3 is 5.32 Å². The minimum Gasteiger partial charge on any atom is -0.311 e. The first-order valence-electron chi connectivity index (χ1n) is 7.58. The first kappa shape index (κ1) is 16.2.